The minimum absolute atomic E-state index is 1.25. The van der Waals surface area contributed by atoms with E-state index in [0.29, 0.717) is 0 Å². The SMILES string of the molecule is CO[Si](OC)(OC)O[Si]1(OC)O[Si](OC)(OC)O[Si](OC)(OC)O[Si](OC)(OC)O1. The van der Waals surface area contributed by atoms with Crippen molar-refractivity contribution in [2.45, 2.75) is 0 Å². The molecule has 1 aliphatic heterocycles. The molecule has 1 saturated heterocycles. The Bertz CT molecular complexity index is 478. The van der Waals surface area contributed by atoms with Gasteiger partial charge in [-0.05, 0) is 0 Å². The van der Waals surface area contributed by atoms with Crippen LogP contribution in [0.3, 0.4) is 0 Å². The Labute approximate surface area is 181 Å². The second-order valence-corrected chi connectivity index (χ2v) is 18.2. The summed E-state index contributed by atoms with van der Waals surface area (Å²) in [5.74, 6) is 0. The number of hydrogen-bond acceptors (Lipinski definition) is 15. The fourth-order valence-corrected chi connectivity index (χ4v) is 18.5. The van der Waals surface area contributed by atoms with Gasteiger partial charge in [0.05, 0.1) is 0 Å². The minimum atomic E-state index is -4.41. The molecular formula is C10H30O15Si5. The molecule has 0 aromatic rings. The zero-order chi connectivity index (χ0) is 23.1. The Morgan fingerprint density at radius 1 is 0.400 bits per heavy atom. The molecule has 0 N–H and O–H groups in total. The Kier molecular flexibility index (Phi) is 11.0. The molecule has 0 unspecified atom stereocenters. The molecule has 0 saturated carbocycles. The van der Waals surface area contributed by atoms with Crippen molar-refractivity contribution in [3.05, 3.63) is 0 Å². The molecule has 0 bridgehead atoms. The first-order valence-corrected chi connectivity index (χ1v) is 16.3. The van der Waals surface area contributed by atoms with Gasteiger partial charge in [0, 0.05) is 71.1 Å². The maximum Gasteiger partial charge on any atom is 0.673 e. The van der Waals surface area contributed by atoms with Gasteiger partial charge < -0.3 is 64.8 Å². The van der Waals surface area contributed by atoms with Crippen LogP contribution in [0.5, 0.6) is 0 Å². The maximum atomic E-state index is 6.00. The van der Waals surface area contributed by atoms with Gasteiger partial charge >= 0.3 is 45.2 Å². The molecule has 20 heteroatoms. The second-order valence-electron chi connectivity index (χ2n) is 5.05. The quantitative estimate of drug-likeness (QED) is 0.277. The summed E-state index contributed by atoms with van der Waals surface area (Å²) in [6.45, 7) is 0. The van der Waals surface area contributed by atoms with Crippen LogP contribution >= 0.6 is 0 Å². The Morgan fingerprint density at radius 3 is 0.833 bits per heavy atom. The van der Waals surface area contributed by atoms with Gasteiger partial charge in [-0.1, -0.05) is 0 Å². The van der Waals surface area contributed by atoms with Gasteiger partial charge in [0.25, 0.3) is 0 Å². The summed E-state index contributed by atoms with van der Waals surface area (Å²) in [7, 11) is -7.62. The lowest BCUT2D eigenvalue weighted by Crippen LogP contribution is -2.76. The van der Waals surface area contributed by atoms with Crippen molar-refractivity contribution in [1.82, 2.24) is 0 Å². The molecule has 0 amide bonds. The lowest BCUT2D eigenvalue weighted by atomic mass is 11.8. The molecular weight excluding hydrogens is 501 g/mol. The molecule has 15 nitrogen and oxygen atoms in total. The topological polar surface area (TPSA) is 138 Å². The summed E-state index contributed by atoms with van der Waals surface area (Å²) in [5, 5.41) is 0. The summed E-state index contributed by atoms with van der Waals surface area (Å²) in [5.41, 5.74) is 0. The van der Waals surface area contributed by atoms with Crippen LogP contribution in [0.4, 0.5) is 0 Å². The second kappa shape index (κ2) is 11.6. The van der Waals surface area contributed by atoms with Crippen molar-refractivity contribution >= 4 is 45.2 Å². The molecule has 0 radical (unpaired) electrons. The molecule has 1 heterocycles. The average molecular weight is 531 g/mol. The highest BCUT2D eigenvalue weighted by molar-refractivity contribution is 6.84. The fraction of sp³-hybridized carbons (Fsp3) is 1.00. The van der Waals surface area contributed by atoms with E-state index < -0.39 is 45.2 Å². The lowest BCUT2D eigenvalue weighted by Gasteiger charge is -2.44. The molecule has 1 aliphatic rings. The van der Waals surface area contributed by atoms with Crippen molar-refractivity contribution in [2.75, 3.05) is 71.1 Å². The van der Waals surface area contributed by atoms with Crippen LogP contribution in [0.2, 0.25) is 0 Å². The highest BCUT2D eigenvalue weighted by Crippen LogP contribution is 2.35. The largest absolute Gasteiger partial charge is 0.673 e. The third-order valence-corrected chi connectivity index (χ3v) is 18.8. The van der Waals surface area contributed by atoms with E-state index in [-0.39, 0.29) is 0 Å². The molecule has 1 rings (SSSR count). The molecule has 180 valence electrons. The van der Waals surface area contributed by atoms with Crippen LogP contribution in [-0.4, -0.2) is 116 Å². The van der Waals surface area contributed by atoms with Crippen LogP contribution in [0.25, 0.3) is 0 Å². The maximum absolute atomic E-state index is 6.00. The van der Waals surface area contributed by atoms with E-state index in [2.05, 4.69) is 0 Å². The minimum Gasteiger partial charge on any atom is -0.356 e. The smallest absolute Gasteiger partial charge is 0.356 e. The predicted octanol–water partition coefficient (Wildman–Crippen LogP) is -1.27. The van der Waals surface area contributed by atoms with E-state index in [9.17, 15) is 0 Å². The Morgan fingerprint density at radius 2 is 0.633 bits per heavy atom. The monoisotopic (exact) mass is 530 g/mol. The highest BCUT2D eigenvalue weighted by Gasteiger charge is 2.76. The summed E-state index contributed by atoms with van der Waals surface area (Å²) >= 11 is 0. The first kappa shape index (κ1) is 28.5. The van der Waals surface area contributed by atoms with E-state index in [1.165, 1.54) is 71.1 Å². The Hall–Kier alpha value is 0.484. The van der Waals surface area contributed by atoms with Crippen molar-refractivity contribution in [3.8, 4) is 0 Å². The van der Waals surface area contributed by atoms with Gasteiger partial charge in [-0.15, -0.1) is 0 Å². The molecule has 30 heavy (non-hydrogen) atoms. The molecule has 0 atom stereocenters. The summed E-state index contributed by atoms with van der Waals surface area (Å²) in [6.07, 6.45) is 0. The summed E-state index contributed by atoms with van der Waals surface area (Å²) < 4.78 is 83.6. The van der Waals surface area contributed by atoms with E-state index >= 15 is 0 Å². The van der Waals surface area contributed by atoms with E-state index in [0.717, 1.165) is 0 Å². The summed E-state index contributed by atoms with van der Waals surface area (Å²) in [4.78, 5) is 0. The van der Waals surface area contributed by atoms with Crippen molar-refractivity contribution < 1.29 is 64.8 Å². The van der Waals surface area contributed by atoms with E-state index in [4.69, 9.17) is 64.8 Å². The Balaban J connectivity index is 3.65. The molecule has 0 aliphatic carbocycles. The molecule has 0 aromatic heterocycles. The first-order valence-electron chi connectivity index (χ1n) is 8.16. The van der Waals surface area contributed by atoms with Gasteiger partial charge in [0.2, 0.25) is 0 Å². The third kappa shape index (κ3) is 5.88. The zero-order valence-electron chi connectivity index (χ0n) is 18.6. The summed E-state index contributed by atoms with van der Waals surface area (Å²) in [6, 6.07) is 0. The van der Waals surface area contributed by atoms with Crippen LogP contribution in [0.15, 0.2) is 0 Å². The van der Waals surface area contributed by atoms with Crippen molar-refractivity contribution in [1.29, 1.82) is 0 Å². The standard InChI is InChI=1S/C10H30O15Si5/c1-11-26(12-2,13-3)21-30(20-10)24-28(16-6,17-7)22-27(14-4,15-5)23-29(18-8,19-9)25-30/h1-10H3. The molecule has 1 fully saturated rings. The first-order chi connectivity index (χ1) is 14.1. The van der Waals surface area contributed by atoms with Crippen LogP contribution in [0, 0.1) is 0 Å². The van der Waals surface area contributed by atoms with Crippen LogP contribution in [0.1, 0.15) is 0 Å². The van der Waals surface area contributed by atoms with Crippen molar-refractivity contribution in [3.63, 3.8) is 0 Å². The normalized spacial score (nSPS) is 23.0. The van der Waals surface area contributed by atoms with Gasteiger partial charge in [-0.2, -0.15) is 0 Å². The predicted molar refractivity (Wildman–Crippen MR) is 104 cm³/mol. The molecule has 0 spiro atoms. The van der Waals surface area contributed by atoms with Gasteiger partial charge in [0.1, 0.15) is 0 Å². The van der Waals surface area contributed by atoms with Crippen LogP contribution < -0.4 is 0 Å². The van der Waals surface area contributed by atoms with E-state index in [1.807, 2.05) is 0 Å². The highest BCUT2D eigenvalue weighted by atomic mass is 28.6. The van der Waals surface area contributed by atoms with Crippen LogP contribution in [-0.2, 0) is 64.8 Å². The van der Waals surface area contributed by atoms with Gasteiger partial charge in [-0.3, -0.25) is 0 Å². The zero-order valence-corrected chi connectivity index (χ0v) is 23.6. The van der Waals surface area contributed by atoms with Crippen molar-refractivity contribution in [2.24, 2.45) is 0 Å². The van der Waals surface area contributed by atoms with Gasteiger partial charge in [0.15, 0.2) is 0 Å². The number of rotatable bonds is 12. The average Bonchev–Trinajstić information content (AvgIpc) is 2.79. The lowest BCUT2D eigenvalue weighted by molar-refractivity contribution is -0.0901. The van der Waals surface area contributed by atoms with Gasteiger partial charge in [-0.25, -0.2) is 0 Å². The van der Waals surface area contributed by atoms with E-state index in [1.54, 1.807) is 0 Å². The molecule has 0 aromatic carbocycles. The number of hydrogen-bond donors (Lipinski definition) is 0. The third-order valence-electron chi connectivity index (χ3n) is 3.75. The fourth-order valence-electron chi connectivity index (χ4n) is 2.14.